The molecule has 2 aliphatic rings. The van der Waals surface area contributed by atoms with Gasteiger partial charge in [-0.1, -0.05) is 54.6 Å². The van der Waals surface area contributed by atoms with E-state index in [1.54, 1.807) is 0 Å². The van der Waals surface area contributed by atoms with Gasteiger partial charge in [-0.15, -0.1) is 0 Å². The zero-order valence-electron chi connectivity index (χ0n) is 13.9. The third-order valence-electron chi connectivity index (χ3n) is 4.98. The molecule has 0 spiro atoms. The first-order valence-corrected chi connectivity index (χ1v) is 8.60. The molecule has 2 atom stereocenters. The van der Waals surface area contributed by atoms with Crippen LogP contribution < -0.4 is 0 Å². The number of hydrogen-bond donors (Lipinski definition) is 0. The van der Waals surface area contributed by atoms with Gasteiger partial charge in [0.1, 0.15) is 0 Å². The number of amides is 1. The van der Waals surface area contributed by atoms with Crippen LogP contribution in [0.1, 0.15) is 29.7 Å². The zero-order chi connectivity index (χ0) is 16.5. The molecule has 0 radical (unpaired) electrons. The first-order valence-electron chi connectivity index (χ1n) is 8.60. The van der Waals surface area contributed by atoms with Crippen molar-refractivity contribution in [2.75, 3.05) is 13.2 Å². The second kappa shape index (κ2) is 6.29. The SMILES string of the molecule is CCOC(=O)N1[C@@H]2c3ccccc3C[C@@H]2CN1Cc1ccccc1. The Balaban J connectivity index is 1.65. The molecule has 0 N–H and O–H groups in total. The maximum atomic E-state index is 12.7. The molecule has 0 unspecified atom stereocenters. The lowest BCUT2D eigenvalue weighted by atomic mass is 10.0. The fourth-order valence-corrected chi connectivity index (χ4v) is 4.04. The molecule has 1 fully saturated rings. The predicted molar refractivity (Wildman–Crippen MR) is 92.1 cm³/mol. The van der Waals surface area contributed by atoms with Gasteiger partial charge in [0.2, 0.25) is 0 Å². The van der Waals surface area contributed by atoms with Crippen molar-refractivity contribution in [1.29, 1.82) is 0 Å². The van der Waals surface area contributed by atoms with E-state index in [2.05, 4.69) is 41.4 Å². The van der Waals surface area contributed by atoms with E-state index in [4.69, 9.17) is 4.74 Å². The molecule has 124 valence electrons. The van der Waals surface area contributed by atoms with Crippen LogP contribution in [-0.4, -0.2) is 29.3 Å². The van der Waals surface area contributed by atoms with E-state index in [1.165, 1.54) is 16.7 Å². The van der Waals surface area contributed by atoms with Crippen LogP contribution in [0.2, 0.25) is 0 Å². The van der Waals surface area contributed by atoms with Crippen LogP contribution in [0.15, 0.2) is 54.6 Å². The van der Waals surface area contributed by atoms with E-state index in [0.29, 0.717) is 12.5 Å². The van der Waals surface area contributed by atoms with Crippen LogP contribution in [0.5, 0.6) is 0 Å². The van der Waals surface area contributed by atoms with Crippen molar-refractivity contribution in [3.63, 3.8) is 0 Å². The molecule has 2 aromatic carbocycles. The van der Waals surface area contributed by atoms with Gasteiger partial charge in [-0.2, -0.15) is 0 Å². The van der Waals surface area contributed by atoms with Crippen LogP contribution in [0.3, 0.4) is 0 Å². The summed E-state index contributed by atoms with van der Waals surface area (Å²) in [4.78, 5) is 12.7. The molecule has 1 heterocycles. The number of carbonyl (C=O) groups is 1. The highest BCUT2D eigenvalue weighted by Gasteiger charge is 2.48. The smallest absolute Gasteiger partial charge is 0.425 e. The van der Waals surface area contributed by atoms with Crippen LogP contribution in [0.25, 0.3) is 0 Å². The summed E-state index contributed by atoms with van der Waals surface area (Å²) < 4.78 is 5.36. The molecule has 0 aromatic heterocycles. The van der Waals surface area contributed by atoms with Crippen LogP contribution in [-0.2, 0) is 17.7 Å². The Hall–Kier alpha value is -2.33. The first kappa shape index (κ1) is 15.2. The van der Waals surface area contributed by atoms with Crippen molar-refractivity contribution in [1.82, 2.24) is 10.0 Å². The van der Waals surface area contributed by atoms with Gasteiger partial charge in [-0.3, -0.25) is 0 Å². The number of fused-ring (bicyclic) bond motifs is 3. The minimum atomic E-state index is -0.238. The molecular formula is C20H22N2O2. The molecule has 4 nitrogen and oxygen atoms in total. The molecule has 1 amide bonds. The molecule has 1 aliphatic heterocycles. The maximum absolute atomic E-state index is 12.7. The van der Waals surface area contributed by atoms with E-state index < -0.39 is 0 Å². The normalized spacial score (nSPS) is 22.3. The maximum Gasteiger partial charge on any atom is 0.425 e. The Morgan fingerprint density at radius 1 is 1.12 bits per heavy atom. The Morgan fingerprint density at radius 3 is 2.67 bits per heavy atom. The van der Waals surface area contributed by atoms with Crippen molar-refractivity contribution in [2.45, 2.75) is 25.9 Å². The van der Waals surface area contributed by atoms with Gasteiger partial charge in [-0.05, 0) is 30.0 Å². The molecule has 0 bridgehead atoms. The molecule has 1 saturated heterocycles. The lowest BCUT2D eigenvalue weighted by Gasteiger charge is -2.31. The van der Waals surface area contributed by atoms with Gasteiger partial charge in [0.05, 0.1) is 12.6 Å². The Kier molecular flexibility index (Phi) is 3.98. The minimum absolute atomic E-state index is 0.101. The fraction of sp³-hybridized carbons (Fsp3) is 0.350. The number of hydrogen-bond acceptors (Lipinski definition) is 3. The summed E-state index contributed by atoms with van der Waals surface area (Å²) in [6, 6.07) is 18.9. The average Bonchev–Trinajstić information content (AvgIpc) is 3.11. The second-order valence-corrected chi connectivity index (χ2v) is 6.48. The van der Waals surface area contributed by atoms with Gasteiger partial charge in [0, 0.05) is 19.0 Å². The zero-order valence-corrected chi connectivity index (χ0v) is 13.9. The third-order valence-corrected chi connectivity index (χ3v) is 4.98. The Morgan fingerprint density at radius 2 is 1.88 bits per heavy atom. The minimum Gasteiger partial charge on any atom is -0.449 e. The summed E-state index contributed by atoms with van der Waals surface area (Å²) in [5, 5.41) is 4.01. The summed E-state index contributed by atoms with van der Waals surface area (Å²) in [6.07, 6.45) is 0.791. The van der Waals surface area contributed by atoms with Crippen molar-refractivity contribution >= 4 is 6.09 Å². The standard InChI is InChI=1S/C20H22N2O2/c1-2-24-20(23)22-19-17(12-16-10-6-7-11-18(16)19)14-21(22)13-15-8-4-3-5-9-15/h3-11,17,19H,2,12-14H2,1H3/t17-,19+/m1/s1. The summed E-state index contributed by atoms with van der Waals surface area (Å²) >= 11 is 0. The predicted octanol–water partition coefficient (Wildman–Crippen LogP) is 3.79. The van der Waals surface area contributed by atoms with Crippen LogP contribution in [0.4, 0.5) is 4.79 Å². The van der Waals surface area contributed by atoms with E-state index >= 15 is 0 Å². The van der Waals surface area contributed by atoms with Crippen molar-refractivity contribution in [3.8, 4) is 0 Å². The molecule has 1 aliphatic carbocycles. The number of hydrazine groups is 1. The van der Waals surface area contributed by atoms with Gasteiger partial charge in [-0.25, -0.2) is 14.8 Å². The summed E-state index contributed by atoms with van der Waals surface area (Å²) in [5.41, 5.74) is 3.84. The molecular weight excluding hydrogens is 300 g/mol. The number of nitrogens with zero attached hydrogens (tertiary/aromatic N) is 2. The summed E-state index contributed by atoms with van der Waals surface area (Å²) in [5.74, 6) is 0.440. The lowest BCUT2D eigenvalue weighted by Crippen LogP contribution is -2.42. The largest absolute Gasteiger partial charge is 0.449 e. The van der Waals surface area contributed by atoms with Gasteiger partial charge in [0.15, 0.2) is 0 Å². The van der Waals surface area contributed by atoms with Crippen molar-refractivity contribution in [3.05, 3.63) is 71.3 Å². The van der Waals surface area contributed by atoms with Gasteiger partial charge < -0.3 is 4.74 Å². The van der Waals surface area contributed by atoms with Gasteiger partial charge >= 0.3 is 6.09 Å². The highest BCUT2D eigenvalue weighted by molar-refractivity contribution is 5.69. The quantitative estimate of drug-likeness (QED) is 0.862. The van der Waals surface area contributed by atoms with E-state index in [0.717, 1.165) is 19.5 Å². The van der Waals surface area contributed by atoms with E-state index in [-0.39, 0.29) is 12.1 Å². The number of carbonyl (C=O) groups excluding carboxylic acids is 1. The highest BCUT2D eigenvalue weighted by Crippen LogP contribution is 2.46. The lowest BCUT2D eigenvalue weighted by molar-refractivity contribution is -0.0113. The van der Waals surface area contributed by atoms with Crippen LogP contribution >= 0.6 is 0 Å². The number of benzene rings is 2. The summed E-state index contributed by atoms with van der Waals surface area (Å²) in [7, 11) is 0. The molecule has 24 heavy (non-hydrogen) atoms. The summed E-state index contributed by atoms with van der Waals surface area (Å²) in [6.45, 7) is 3.87. The van der Waals surface area contributed by atoms with Crippen molar-refractivity contribution in [2.24, 2.45) is 5.92 Å². The molecule has 0 saturated carbocycles. The van der Waals surface area contributed by atoms with Crippen molar-refractivity contribution < 1.29 is 9.53 Å². The highest BCUT2D eigenvalue weighted by atomic mass is 16.6. The second-order valence-electron chi connectivity index (χ2n) is 6.48. The monoisotopic (exact) mass is 322 g/mol. The molecule has 2 aromatic rings. The van der Waals surface area contributed by atoms with Crippen LogP contribution in [0, 0.1) is 5.92 Å². The number of ether oxygens (including phenoxy) is 1. The Labute approximate surface area is 142 Å². The third kappa shape index (κ3) is 2.57. The molecule has 4 rings (SSSR count). The Bertz CT molecular complexity index is 731. The fourth-order valence-electron chi connectivity index (χ4n) is 4.04. The first-order chi connectivity index (χ1) is 11.8. The van der Waals surface area contributed by atoms with Gasteiger partial charge in [0.25, 0.3) is 0 Å². The average molecular weight is 322 g/mol. The van der Waals surface area contributed by atoms with E-state index in [9.17, 15) is 4.79 Å². The number of rotatable bonds is 3. The van der Waals surface area contributed by atoms with E-state index in [1.807, 2.05) is 30.1 Å². The topological polar surface area (TPSA) is 32.8 Å². The molecule has 4 heteroatoms.